The first-order valence-electron chi connectivity index (χ1n) is 12.3. The van der Waals surface area contributed by atoms with Crippen LogP contribution in [0.3, 0.4) is 0 Å². The first-order valence-corrected chi connectivity index (χ1v) is 12.3. The Bertz CT molecular complexity index is 1370. The number of nitrogens with zero attached hydrogens (tertiary/aromatic N) is 1. The number of hydrogen-bond donors (Lipinski definition) is 3. The van der Waals surface area contributed by atoms with Gasteiger partial charge in [0.05, 0.1) is 6.54 Å². The van der Waals surface area contributed by atoms with Gasteiger partial charge in [0.1, 0.15) is 0 Å². The molecule has 0 saturated carbocycles. The molecule has 0 fully saturated rings. The van der Waals surface area contributed by atoms with Crippen LogP contribution in [0, 0.1) is 0 Å². The van der Waals surface area contributed by atoms with Crippen molar-refractivity contribution < 1.29 is 14.4 Å². The number of benzene rings is 4. The topological polar surface area (TPSA) is 90.5 Å². The van der Waals surface area contributed by atoms with Gasteiger partial charge in [-0.25, -0.2) is 0 Å². The molecule has 3 amide bonds. The van der Waals surface area contributed by atoms with Gasteiger partial charge in [0.15, 0.2) is 0 Å². The summed E-state index contributed by atoms with van der Waals surface area (Å²) in [6, 6.07) is 33.3. The number of rotatable bonds is 10. The average molecular weight is 507 g/mol. The molecule has 0 aromatic heterocycles. The summed E-state index contributed by atoms with van der Waals surface area (Å²) in [5.41, 5.74) is 4.36. The van der Waals surface area contributed by atoms with Crippen molar-refractivity contribution >= 4 is 29.1 Å². The standard InChI is InChI=1S/C31H30N4O3/c1-35(22-24-11-6-3-7-12-24)31(38)26-13-8-14-28(19-26)34-29(36)21-32-27-17-15-25(16-18-27)30(37)33-20-23-9-4-2-5-10-23/h2-19,32H,20-22H2,1H3,(H,33,37)(H,34,36). The van der Waals surface area contributed by atoms with E-state index in [-0.39, 0.29) is 24.3 Å². The van der Waals surface area contributed by atoms with Crippen molar-refractivity contribution in [3.63, 3.8) is 0 Å². The SMILES string of the molecule is CN(Cc1ccccc1)C(=O)c1cccc(NC(=O)CNc2ccc(C(=O)NCc3ccccc3)cc2)c1. The number of carbonyl (C=O) groups excluding carboxylic acids is 3. The third-order valence-corrected chi connectivity index (χ3v) is 5.90. The van der Waals surface area contributed by atoms with Crippen LogP contribution in [0.4, 0.5) is 11.4 Å². The van der Waals surface area contributed by atoms with E-state index in [4.69, 9.17) is 0 Å². The molecule has 0 radical (unpaired) electrons. The molecule has 0 heterocycles. The maximum absolute atomic E-state index is 12.9. The van der Waals surface area contributed by atoms with Crippen molar-refractivity contribution in [2.45, 2.75) is 13.1 Å². The summed E-state index contributed by atoms with van der Waals surface area (Å²) in [6.07, 6.45) is 0. The second-order valence-electron chi connectivity index (χ2n) is 8.87. The third kappa shape index (κ3) is 7.54. The van der Waals surface area contributed by atoms with Crippen LogP contribution in [-0.4, -0.2) is 36.2 Å². The van der Waals surface area contributed by atoms with E-state index >= 15 is 0 Å². The van der Waals surface area contributed by atoms with Gasteiger partial charge in [-0.15, -0.1) is 0 Å². The van der Waals surface area contributed by atoms with Crippen LogP contribution in [0.2, 0.25) is 0 Å². The van der Waals surface area contributed by atoms with Crippen molar-refractivity contribution in [2.75, 3.05) is 24.2 Å². The molecule has 4 rings (SSSR count). The van der Waals surface area contributed by atoms with Crippen molar-refractivity contribution in [3.05, 3.63) is 131 Å². The zero-order valence-corrected chi connectivity index (χ0v) is 21.2. The Labute approximate surface area is 222 Å². The lowest BCUT2D eigenvalue weighted by Gasteiger charge is -2.18. The van der Waals surface area contributed by atoms with Crippen LogP contribution in [0.1, 0.15) is 31.8 Å². The summed E-state index contributed by atoms with van der Waals surface area (Å²) >= 11 is 0. The van der Waals surface area contributed by atoms with E-state index in [0.717, 1.165) is 11.1 Å². The van der Waals surface area contributed by atoms with Crippen LogP contribution in [-0.2, 0) is 17.9 Å². The molecule has 0 saturated heterocycles. The van der Waals surface area contributed by atoms with Gasteiger partial charge in [-0.3, -0.25) is 14.4 Å². The van der Waals surface area contributed by atoms with Gasteiger partial charge in [-0.2, -0.15) is 0 Å². The quantitative estimate of drug-likeness (QED) is 0.284. The van der Waals surface area contributed by atoms with Gasteiger partial charge in [0.2, 0.25) is 5.91 Å². The Morgan fingerprint density at radius 1 is 0.684 bits per heavy atom. The van der Waals surface area contributed by atoms with Crippen LogP contribution >= 0.6 is 0 Å². The highest BCUT2D eigenvalue weighted by Crippen LogP contribution is 2.15. The summed E-state index contributed by atoms with van der Waals surface area (Å²) in [5, 5.41) is 8.77. The number of amides is 3. The highest BCUT2D eigenvalue weighted by atomic mass is 16.2. The summed E-state index contributed by atoms with van der Waals surface area (Å²) in [7, 11) is 1.75. The van der Waals surface area contributed by atoms with Crippen LogP contribution in [0.25, 0.3) is 0 Å². The predicted octanol–water partition coefficient (Wildman–Crippen LogP) is 4.94. The largest absolute Gasteiger partial charge is 0.376 e. The van der Waals surface area contributed by atoms with E-state index in [1.807, 2.05) is 60.7 Å². The van der Waals surface area contributed by atoms with Crippen molar-refractivity contribution in [2.24, 2.45) is 0 Å². The van der Waals surface area contributed by atoms with Gasteiger partial charge in [0.25, 0.3) is 11.8 Å². The van der Waals surface area contributed by atoms with Crippen LogP contribution in [0.15, 0.2) is 109 Å². The summed E-state index contributed by atoms with van der Waals surface area (Å²) < 4.78 is 0. The van der Waals surface area contributed by atoms with E-state index in [2.05, 4.69) is 16.0 Å². The Kier molecular flexibility index (Phi) is 8.86. The fraction of sp³-hybridized carbons (Fsp3) is 0.129. The smallest absolute Gasteiger partial charge is 0.253 e. The normalized spacial score (nSPS) is 10.3. The van der Waals surface area contributed by atoms with E-state index in [9.17, 15) is 14.4 Å². The minimum Gasteiger partial charge on any atom is -0.376 e. The minimum atomic E-state index is -0.253. The lowest BCUT2D eigenvalue weighted by molar-refractivity contribution is -0.114. The maximum atomic E-state index is 12.9. The van der Waals surface area contributed by atoms with E-state index in [1.165, 1.54) is 0 Å². The Morgan fingerprint density at radius 2 is 1.34 bits per heavy atom. The molecule has 0 unspecified atom stereocenters. The van der Waals surface area contributed by atoms with Gasteiger partial charge in [0, 0.05) is 42.6 Å². The summed E-state index contributed by atoms with van der Waals surface area (Å²) in [6.45, 7) is 0.981. The number of anilines is 2. The molecule has 4 aromatic carbocycles. The fourth-order valence-electron chi connectivity index (χ4n) is 3.89. The number of hydrogen-bond acceptors (Lipinski definition) is 4. The molecule has 38 heavy (non-hydrogen) atoms. The van der Waals surface area contributed by atoms with Crippen molar-refractivity contribution in [1.82, 2.24) is 10.2 Å². The maximum Gasteiger partial charge on any atom is 0.253 e. The highest BCUT2D eigenvalue weighted by molar-refractivity contribution is 5.98. The Balaban J connectivity index is 1.25. The van der Waals surface area contributed by atoms with E-state index < -0.39 is 0 Å². The number of carbonyl (C=O) groups is 3. The van der Waals surface area contributed by atoms with Gasteiger partial charge < -0.3 is 20.9 Å². The van der Waals surface area contributed by atoms with Crippen LogP contribution < -0.4 is 16.0 Å². The zero-order chi connectivity index (χ0) is 26.7. The van der Waals surface area contributed by atoms with Gasteiger partial charge in [-0.1, -0.05) is 66.7 Å². The molecule has 0 aliphatic rings. The molecule has 7 nitrogen and oxygen atoms in total. The molecule has 192 valence electrons. The Morgan fingerprint density at radius 3 is 2.03 bits per heavy atom. The molecular weight excluding hydrogens is 476 g/mol. The zero-order valence-electron chi connectivity index (χ0n) is 21.2. The van der Waals surface area contributed by atoms with Gasteiger partial charge in [-0.05, 0) is 53.6 Å². The fourth-order valence-corrected chi connectivity index (χ4v) is 3.89. The van der Waals surface area contributed by atoms with Gasteiger partial charge >= 0.3 is 0 Å². The highest BCUT2D eigenvalue weighted by Gasteiger charge is 2.13. The lowest BCUT2D eigenvalue weighted by atomic mass is 10.1. The molecule has 0 aliphatic heterocycles. The molecule has 7 heteroatoms. The van der Waals surface area contributed by atoms with E-state index in [1.54, 1.807) is 60.5 Å². The number of nitrogens with one attached hydrogen (secondary N) is 3. The predicted molar refractivity (Wildman–Crippen MR) is 150 cm³/mol. The first kappa shape index (κ1) is 26.2. The Hall–Kier alpha value is -4.91. The van der Waals surface area contributed by atoms with E-state index in [0.29, 0.717) is 35.6 Å². The molecule has 0 atom stereocenters. The monoisotopic (exact) mass is 506 g/mol. The molecule has 4 aromatic rings. The molecule has 0 aliphatic carbocycles. The summed E-state index contributed by atoms with van der Waals surface area (Å²) in [5.74, 6) is -0.546. The molecular formula is C31H30N4O3. The minimum absolute atomic E-state index is 0.0334. The molecule has 3 N–H and O–H groups in total. The molecule has 0 bridgehead atoms. The lowest BCUT2D eigenvalue weighted by Crippen LogP contribution is -2.26. The summed E-state index contributed by atoms with van der Waals surface area (Å²) in [4.78, 5) is 39.4. The van der Waals surface area contributed by atoms with Crippen molar-refractivity contribution in [3.8, 4) is 0 Å². The van der Waals surface area contributed by atoms with Crippen LogP contribution in [0.5, 0.6) is 0 Å². The van der Waals surface area contributed by atoms with Crippen molar-refractivity contribution in [1.29, 1.82) is 0 Å². The molecule has 0 spiro atoms. The second-order valence-corrected chi connectivity index (χ2v) is 8.87. The first-order chi connectivity index (χ1) is 18.5. The average Bonchev–Trinajstić information content (AvgIpc) is 2.96. The second kappa shape index (κ2) is 12.9. The third-order valence-electron chi connectivity index (χ3n) is 5.90.